The van der Waals surface area contributed by atoms with E-state index in [0.29, 0.717) is 0 Å². The van der Waals surface area contributed by atoms with Gasteiger partial charge in [0.2, 0.25) is 0 Å². The normalized spacial score (nSPS) is 13.7. The van der Waals surface area contributed by atoms with E-state index >= 15 is 0 Å². The highest BCUT2D eigenvalue weighted by molar-refractivity contribution is 7.96. The highest BCUT2D eigenvalue weighted by Crippen LogP contribution is 1.91. The van der Waals surface area contributed by atoms with Gasteiger partial charge in [0.25, 0.3) is 5.12 Å². The Kier molecular flexibility index (Phi) is 2.01. The average Bonchev–Trinajstić information content (AvgIpc) is 1.36. The predicted molar refractivity (Wildman–Crippen MR) is 23.2 cm³/mol. The first-order chi connectivity index (χ1) is 2.64. The predicted octanol–water partition coefficient (Wildman–Crippen LogP) is 1.07. The van der Waals surface area contributed by atoms with Crippen LogP contribution in [0, 0.1) is 0 Å². The SMILES string of the molecule is CC(F)C(=O)[S]. The number of rotatable bonds is 1. The molecule has 3 heteroatoms. The molecule has 1 atom stereocenters. The van der Waals surface area contributed by atoms with Crippen LogP contribution >= 0.6 is 12.6 Å². The molecular formula is C3H4FOS. The summed E-state index contributed by atoms with van der Waals surface area (Å²) in [7, 11) is 0. The van der Waals surface area contributed by atoms with Gasteiger partial charge in [0, 0.05) is 0 Å². The molecule has 1 nitrogen and oxygen atoms in total. The molecule has 35 valence electrons. The quantitative estimate of drug-likeness (QED) is 0.489. The average molecular weight is 107 g/mol. The zero-order valence-corrected chi connectivity index (χ0v) is 4.09. The molecule has 0 fully saturated rings. The van der Waals surface area contributed by atoms with Crippen molar-refractivity contribution in [3.8, 4) is 0 Å². The topological polar surface area (TPSA) is 17.1 Å². The van der Waals surface area contributed by atoms with E-state index in [4.69, 9.17) is 0 Å². The van der Waals surface area contributed by atoms with Crippen LogP contribution in [-0.2, 0) is 4.79 Å². The van der Waals surface area contributed by atoms with Crippen LogP contribution in [0.4, 0.5) is 4.39 Å². The van der Waals surface area contributed by atoms with Gasteiger partial charge in [-0.15, -0.1) is 0 Å². The third-order valence-electron chi connectivity index (χ3n) is 0.325. The molecule has 0 aliphatic rings. The van der Waals surface area contributed by atoms with Crippen LogP contribution in [0.1, 0.15) is 6.92 Å². The maximum absolute atomic E-state index is 11.4. The second-order valence-electron chi connectivity index (χ2n) is 0.935. The molecule has 0 saturated heterocycles. The Bertz CT molecular complexity index is 61.8. The monoisotopic (exact) mass is 107 g/mol. The Labute approximate surface area is 41.0 Å². The maximum Gasteiger partial charge on any atom is 0.252 e. The molecule has 0 N–H and O–H groups in total. The molecule has 0 aliphatic carbocycles. The molecule has 1 unspecified atom stereocenters. The molecule has 0 aromatic rings. The summed E-state index contributed by atoms with van der Waals surface area (Å²) >= 11 is 3.89. The molecule has 6 heavy (non-hydrogen) atoms. The van der Waals surface area contributed by atoms with E-state index in [1.54, 1.807) is 0 Å². The molecule has 0 spiro atoms. The smallest absolute Gasteiger partial charge is 0.252 e. The van der Waals surface area contributed by atoms with Gasteiger partial charge in [-0.1, -0.05) is 0 Å². The van der Waals surface area contributed by atoms with E-state index in [0.717, 1.165) is 6.92 Å². The number of carbonyl (C=O) groups excluding carboxylic acids is 1. The minimum absolute atomic E-state index is 0.824. The zero-order valence-electron chi connectivity index (χ0n) is 3.27. The first kappa shape index (κ1) is 5.82. The van der Waals surface area contributed by atoms with E-state index < -0.39 is 11.3 Å². The number of hydrogen-bond donors (Lipinski definition) is 0. The molecule has 0 aromatic heterocycles. The van der Waals surface area contributed by atoms with Crippen molar-refractivity contribution in [3.05, 3.63) is 0 Å². The first-order valence-electron chi connectivity index (χ1n) is 1.49. The summed E-state index contributed by atoms with van der Waals surface area (Å²) in [6, 6.07) is 0. The Morgan fingerprint density at radius 3 is 2.17 bits per heavy atom. The van der Waals surface area contributed by atoms with Gasteiger partial charge in [-0.05, 0) is 19.6 Å². The lowest BCUT2D eigenvalue weighted by molar-refractivity contribution is -0.114. The van der Waals surface area contributed by atoms with Crippen molar-refractivity contribution in [2.24, 2.45) is 0 Å². The van der Waals surface area contributed by atoms with E-state index in [-0.39, 0.29) is 0 Å². The molecule has 0 aromatic carbocycles. The molecule has 0 bridgehead atoms. The Morgan fingerprint density at radius 2 is 2.17 bits per heavy atom. The Hall–Kier alpha value is -0.180. The van der Waals surface area contributed by atoms with Crippen molar-refractivity contribution in [3.63, 3.8) is 0 Å². The highest BCUT2D eigenvalue weighted by atomic mass is 32.1. The second-order valence-corrected chi connectivity index (χ2v) is 1.34. The number of carbonyl (C=O) groups is 1. The van der Waals surface area contributed by atoms with Crippen molar-refractivity contribution in [1.29, 1.82) is 0 Å². The van der Waals surface area contributed by atoms with Crippen LogP contribution in [0.2, 0.25) is 0 Å². The number of alkyl halides is 1. The second kappa shape index (κ2) is 2.08. The third kappa shape index (κ3) is 2.08. The van der Waals surface area contributed by atoms with Crippen molar-refractivity contribution >= 4 is 17.7 Å². The lowest BCUT2D eigenvalue weighted by Crippen LogP contribution is -2.01. The Balaban J connectivity index is 3.26. The molecule has 0 saturated carbocycles. The van der Waals surface area contributed by atoms with Crippen molar-refractivity contribution in [2.75, 3.05) is 0 Å². The van der Waals surface area contributed by atoms with Crippen LogP contribution in [0.15, 0.2) is 0 Å². The molecular weight excluding hydrogens is 103 g/mol. The zero-order chi connectivity index (χ0) is 5.15. The summed E-state index contributed by atoms with van der Waals surface area (Å²) in [5, 5.41) is -0.824. The maximum atomic E-state index is 11.4. The fourth-order valence-corrected chi connectivity index (χ4v) is 0. The van der Waals surface area contributed by atoms with Gasteiger partial charge in [0.15, 0.2) is 6.17 Å². The fraction of sp³-hybridized carbons (Fsp3) is 0.667. The fourth-order valence-electron chi connectivity index (χ4n) is 0. The van der Waals surface area contributed by atoms with E-state index in [1.807, 2.05) is 0 Å². The van der Waals surface area contributed by atoms with Gasteiger partial charge < -0.3 is 0 Å². The summed E-state index contributed by atoms with van der Waals surface area (Å²) in [4.78, 5) is 9.58. The third-order valence-corrected chi connectivity index (χ3v) is 0.650. The van der Waals surface area contributed by atoms with Crippen molar-refractivity contribution < 1.29 is 9.18 Å². The van der Waals surface area contributed by atoms with Crippen molar-refractivity contribution in [1.82, 2.24) is 0 Å². The standard InChI is InChI=1S/C3H4FOS/c1-2(4)3(5)6/h2H,1H3. The van der Waals surface area contributed by atoms with Crippen LogP contribution in [-0.4, -0.2) is 11.3 Å². The summed E-state index contributed by atoms with van der Waals surface area (Å²) in [5.74, 6) is 0. The van der Waals surface area contributed by atoms with Gasteiger partial charge in [-0.2, -0.15) is 0 Å². The van der Waals surface area contributed by atoms with Crippen LogP contribution in [0.25, 0.3) is 0 Å². The van der Waals surface area contributed by atoms with E-state index in [1.165, 1.54) is 0 Å². The summed E-state index contributed by atoms with van der Waals surface area (Å²) in [6.45, 7) is 1.12. The molecule has 1 radical (unpaired) electrons. The van der Waals surface area contributed by atoms with Crippen molar-refractivity contribution in [2.45, 2.75) is 13.1 Å². The molecule has 0 heterocycles. The number of halogens is 1. The lowest BCUT2D eigenvalue weighted by Gasteiger charge is -1.83. The van der Waals surface area contributed by atoms with Crippen LogP contribution in [0.5, 0.6) is 0 Å². The van der Waals surface area contributed by atoms with Gasteiger partial charge in [0.05, 0.1) is 0 Å². The van der Waals surface area contributed by atoms with Gasteiger partial charge in [-0.25, -0.2) is 4.39 Å². The lowest BCUT2D eigenvalue weighted by atomic mass is 10.5. The number of hydrogen-bond acceptors (Lipinski definition) is 1. The van der Waals surface area contributed by atoms with Gasteiger partial charge >= 0.3 is 0 Å². The first-order valence-corrected chi connectivity index (χ1v) is 1.90. The van der Waals surface area contributed by atoms with E-state index in [2.05, 4.69) is 12.6 Å². The summed E-state index contributed by atoms with van der Waals surface area (Å²) < 4.78 is 11.4. The Morgan fingerprint density at radius 1 is 2.00 bits per heavy atom. The van der Waals surface area contributed by atoms with E-state index in [9.17, 15) is 9.18 Å². The molecule has 0 aliphatic heterocycles. The minimum atomic E-state index is -1.47. The summed E-state index contributed by atoms with van der Waals surface area (Å²) in [6.07, 6.45) is -1.47. The van der Waals surface area contributed by atoms with Gasteiger partial charge in [-0.3, -0.25) is 4.79 Å². The highest BCUT2D eigenvalue weighted by Gasteiger charge is 2.03. The largest absolute Gasteiger partial charge is 0.279 e. The van der Waals surface area contributed by atoms with Crippen LogP contribution < -0.4 is 0 Å². The molecule has 0 amide bonds. The summed E-state index contributed by atoms with van der Waals surface area (Å²) in [5.41, 5.74) is 0. The van der Waals surface area contributed by atoms with Gasteiger partial charge in [0.1, 0.15) is 0 Å². The van der Waals surface area contributed by atoms with Crippen LogP contribution in [0.3, 0.4) is 0 Å². The molecule has 0 rings (SSSR count). The minimum Gasteiger partial charge on any atom is -0.279 e.